The molecule has 0 radical (unpaired) electrons. The largest absolute Gasteiger partial charge is 0.480 e. The van der Waals surface area contributed by atoms with Crippen molar-refractivity contribution in [2.75, 3.05) is 0 Å². The van der Waals surface area contributed by atoms with Crippen molar-refractivity contribution < 1.29 is 9.90 Å². The smallest absolute Gasteiger partial charge is 0.319 e. The van der Waals surface area contributed by atoms with E-state index in [0.717, 1.165) is 5.56 Å². The maximum absolute atomic E-state index is 11.2. The molecule has 98 valence electrons. The highest BCUT2D eigenvalue weighted by Gasteiger charge is 2.30. The van der Waals surface area contributed by atoms with Crippen LogP contribution in [0.1, 0.15) is 13.8 Å². The van der Waals surface area contributed by atoms with Gasteiger partial charge >= 0.3 is 5.97 Å². The third-order valence-electron chi connectivity index (χ3n) is 2.58. The van der Waals surface area contributed by atoms with E-state index >= 15 is 0 Å². The molecule has 0 spiro atoms. The van der Waals surface area contributed by atoms with Gasteiger partial charge in [0.25, 0.3) is 0 Å². The van der Waals surface area contributed by atoms with Crippen molar-refractivity contribution >= 4 is 17.7 Å². The Hall–Kier alpha value is -1.88. The molecule has 0 saturated heterocycles. The Morgan fingerprint density at radius 1 is 1.16 bits per heavy atom. The second-order valence-electron chi connectivity index (χ2n) is 4.49. The Balaban J connectivity index is 2.40. The fraction of sp³-hybridized carbons (Fsp3) is 0.214. The van der Waals surface area contributed by atoms with E-state index in [-0.39, 0.29) is 0 Å². The van der Waals surface area contributed by atoms with Gasteiger partial charge in [-0.2, -0.15) is 0 Å². The molecule has 0 aliphatic carbocycles. The average molecular weight is 274 g/mol. The van der Waals surface area contributed by atoms with Gasteiger partial charge in [0.1, 0.15) is 15.5 Å². The van der Waals surface area contributed by atoms with Gasteiger partial charge in [-0.1, -0.05) is 42.1 Å². The molecule has 1 aromatic heterocycles. The van der Waals surface area contributed by atoms with Crippen molar-refractivity contribution in [1.82, 2.24) is 9.97 Å². The number of benzene rings is 1. The van der Waals surface area contributed by atoms with Crippen molar-refractivity contribution in [1.29, 1.82) is 0 Å². The van der Waals surface area contributed by atoms with Gasteiger partial charge < -0.3 is 5.11 Å². The molecule has 5 heteroatoms. The van der Waals surface area contributed by atoms with Gasteiger partial charge in [-0.15, -0.1) is 0 Å². The van der Waals surface area contributed by atoms with Crippen LogP contribution >= 0.6 is 11.8 Å². The van der Waals surface area contributed by atoms with E-state index in [1.807, 2.05) is 30.3 Å². The van der Waals surface area contributed by atoms with Crippen LogP contribution in [0.3, 0.4) is 0 Å². The van der Waals surface area contributed by atoms with Gasteiger partial charge in [-0.25, -0.2) is 4.98 Å². The Morgan fingerprint density at radius 2 is 1.79 bits per heavy atom. The van der Waals surface area contributed by atoms with E-state index in [1.165, 1.54) is 11.8 Å². The molecule has 1 heterocycles. The molecule has 0 fully saturated rings. The highest BCUT2D eigenvalue weighted by molar-refractivity contribution is 8.01. The van der Waals surface area contributed by atoms with E-state index < -0.39 is 10.7 Å². The van der Waals surface area contributed by atoms with Gasteiger partial charge in [-0.3, -0.25) is 9.78 Å². The summed E-state index contributed by atoms with van der Waals surface area (Å²) in [4.78, 5) is 19.8. The number of hydrogen-bond donors (Lipinski definition) is 1. The van der Waals surface area contributed by atoms with Crippen LogP contribution in [0.4, 0.5) is 0 Å². The van der Waals surface area contributed by atoms with Crippen molar-refractivity contribution in [2.45, 2.75) is 23.6 Å². The van der Waals surface area contributed by atoms with E-state index in [1.54, 1.807) is 26.2 Å². The predicted octanol–water partition coefficient (Wildman–Crippen LogP) is 3.10. The van der Waals surface area contributed by atoms with Crippen LogP contribution in [-0.2, 0) is 4.79 Å². The zero-order valence-corrected chi connectivity index (χ0v) is 11.5. The first-order valence-corrected chi connectivity index (χ1v) is 6.61. The van der Waals surface area contributed by atoms with Gasteiger partial charge in [0.15, 0.2) is 0 Å². The molecule has 2 aromatic rings. The number of rotatable bonds is 4. The molecule has 19 heavy (non-hydrogen) atoms. The van der Waals surface area contributed by atoms with E-state index in [0.29, 0.717) is 10.7 Å². The summed E-state index contributed by atoms with van der Waals surface area (Å²) in [7, 11) is 0. The lowest BCUT2D eigenvalue weighted by molar-refractivity contribution is -0.138. The molecule has 0 aliphatic rings. The minimum atomic E-state index is -0.945. The Labute approximate surface area is 115 Å². The number of carbonyl (C=O) groups is 1. The summed E-state index contributed by atoms with van der Waals surface area (Å²) in [6.07, 6.45) is 3.19. The lowest BCUT2D eigenvalue weighted by Crippen LogP contribution is -2.27. The van der Waals surface area contributed by atoms with E-state index in [4.69, 9.17) is 0 Å². The standard InChI is InChI=1S/C14H14N2O2S/c1-14(2,13(17)18)19-12-11(15-8-9-16-12)10-6-4-3-5-7-10/h3-9H,1-2H3,(H,17,18). The second-order valence-corrected chi connectivity index (χ2v) is 6.11. The van der Waals surface area contributed by atoms with Crippen LogP contribution in [0.15, 0.2) is 47.8 Å². The highest BCUT2D eigenvalue weighted by atomic mass is 32.2. The summed E-state index contributed by atoms with van der Waals surface area (Å²) < 4.78 is -0.945. The van der Waals surface area contributed by atoms with Crippen molar-refractivity contribution in [2.24, 2.45) is 0 Å². The van der Waals surface area contributed by atoms with E-state index in [9.17, 15) is 9.90 Å². The lowest BCUT2D eigenvalue weighted by atomic mass is 10.2. The van der Waals surface area contributed by atoms with Crippen LogP contribution in [0, 0.1) is 0 Å². The molecular formula is C14H14N2O2S. The second kappa shape index (κ2) is 5.40. The van der Waals surface area contributed by atoms with Crippen molar-refractivity contribution in [3.05, 3.63) is 42.7 Å². The summed E-state index contributed by atoms with van der Waals surface area (Å²) in [5.74, 6) is -0.873. The number of thioether (sulfide) groups is 1. The summed E-state index contributed by atoms with van der Waals surface area (Å²) in [6, 6.07) is 9.62. The highest BCUT2D eigenvalue weighted by Crippen LogP contribution is 2.36. The zero-order valence-electron chi connectivity index (χ0n) is 10.7. The summed E-state index contributed by atoms with van der Waals surface area (Å²) in [6.45, 7) is 3.31. The number of nitrogens with zero attached hydrogens (tertiary/aromatic N) is 2. The summed E-state index contributed by atoms with van der Waals surface area (Å²) in [5, 5.41) is 9.82. The molecule has 0 aliphatic heterocycles. The SMILES string of the molecule is CC(C)(Sc1nccnc1-c1ccccc1)C(=O)O. The topological polar surface area (TPSA) is 63.1 Å². The molecule has 2 rings (SSSR count). The average Bonchev–Trinajstić information content (AvgIpc) is 2.40. The minimum absolute atomic E-state index is 0.626. The van der Waals surface area contributed by atoms with Crippen molar-refractivity contribution in [3.63, 3.8) is 0 Å². The monoisotopic (exact) mass is 274 g/mol. The fourth-order valence-electron chi connectivity index (χ4n) is 1.48. The van der Waals surface area contributed by atoms with Gasteiger partial charge in [0.05, 0.1) is 0 Å². The van der Waals surface area contributed by atoms with Crippen LogP contribution in [0.25, 0.3) is 11.3 Å². The number of carboxylic acids is 1. The van der Waals surface area contributed by atoms with Crippen LogP contribution < -0.4 is 0 Å². The Kier molecular flexibility index (Phi) is 3.85. The fourth-order valence-corrected chi connectivity index (χ4v) is 2.43. The number of aromatic nitrogens is 2. The zero-order chi connectivity index (χ0) is 13.9. The molecule has 0 saturated carbocycles. The molecule has 0 unspecified atom stereocenters. The lowest BCUT2D eigenvalue weighted by Gasteiger charge is -2.18. The normalized spacial score (nSPS) is 11.3. The quantitative estimate of drug-likeness (QED) is 0.868. The maximum Gasteiger partial charge on any atom is 0.319 e. The summed E-state index contributed by atoms with van der Waals surface area (Å²) >= 11 is 1.20. The van der Waals surface area contributed by atoms with Crippen LogP contribution in [0.5, 0.6) is 0 Å². The number of carboxylic acid groups (broad SMARTS) is 1. The van der Waals surface area contributed by atoms with Gasteiger partial charge in [-0.05, 0) is 13.8 Å². The molecule has 0 amide bonds. The number of hydrogen-bond acceptors (Lipinski definition) is 4. The number of aliphatic carboxylic acids is 1. The van der Waals surface area contributed by atoms with E-state index in [2.05, 4.69) is 9.97 Å². The first-order valence-electron chi connectivity index (χ1n) is 5.79. The Morgan fingerprint density at radius 3 is 2.42 bits per heavy atom. The van der Waals surface area contributed by atoms with Gasteiger partial charge in [0, 0.05) is 18.0 Å². The van der Waals surface area contributed by atoms with Crippen LogP contribution in [0.2, 0.25) is 0 Å². The first-order chi connectivity index (χ1) is 9.00. The molecule has 0 atom stereocenters. The molecule has 1 aromatic carbocycles. The van der Waals surface area contributed by atoms with Crippen molar-refractivity contribution in [3.8, 4) is 11.3 Å². The Bertz CT molecular complexity index is 585. The van der Waals surface area contributed by atoms with Crippen LogP contribution in [-0.4, -0.2) is 25.8 Å². The molecule has 0 bridgehead atoms. The third-order valence-corrected chi connectivity index (χ3v) is 3.76. The maximum atomic E-state index is 11.2. The minimum Gasteiger partial charge on any atom is -0.480 e. The molecule has 4 nitrogen and oxygen atoms in total. The predicted molar refractivity (Wildman–Crippen MR) is 75.0 cm³/mol. The molecule has 1 N–H and O–H groups in total. The third kappa shape index (κ3) is 3.12. The molecular weight excluding hydrogens is 260 g/mol. The van der Waals surface area contributed by atoms with Gasteiger partial charge in [0.2, 0.25) is 0 Å². The summed E-state index contributed by atoms with van der Waals surface area (Å²) in [5.41, 5.74) is 1.64. The first kappa shape index (κ1) is 13.5.